The minimum Gasteiger partial charge on any atom is -0.369 e. The SMILES string of the molecule is C[C@H](CC(=O)N1CCN(CC(N)=O)CC1)C1CCCCC1. The number of piperazine rings is 1. The lowest BCUT2D eigenvalue weighted by atomic mass is 9.79. The van der Waals surface area contributed by atoms with Crippen LogP contribution in [0.15, 0.2) is 0 Å². The summed E-state index contributed by atoms with van der Waals surface area (Å²) in [4.78, 5) is 27.3. The molecule has 1 atom stereocenters. The molecule has 1 aliphatic carbocycles. The molecule has 0 radical (unpaired) electrons. The molecule has 0 spiro atoms. The first kappa shape index (κ1) is 16.3. The molecule has 2 aliphatic rings. The summed E-state index contributed by atoms with van der Waals surface area (Å²) in [6.45, 7) is 5.50. The van der Waals surface area contributed by atoms with Crippen LogP contribution >= 0.6 is 0 Å². The van der Waals surface area contributed by atoms with Crippen LogP contribution in [0.5, 0.6) is 0 Å². The van der Waals surface area contributed by atoms with Crippen LogP contribution < -0.4 is 5.73 Å². The van der Waals surface area contributed by atoms with Gasteiger partial charge in [0.15, 0.2) is 0 Å². The summed E-state index contributed by atoms with van der Waals surface area (Å²) in [5.74, 6) is 1.23. The van der Waals surface area contributed by atoms with Gasteiger partial charge in [0.2, 0.25) is 11.8 Å². The minimum absolute atomic E-state index is 0.284. The van der Waals surface area contributed by atoms with Crippen molar-refractivity contribution in [3.05, 3.63) is 0 Å². The fourth-order valence-electron chi connectivity index (χ4n) is 3.65. The lowest BCUT2D eigenvalue weighted by Crippen LogP contribution is -2.50. The van der Waals surface area contributed by atoms with Gasteiger partial charge in [-0.15, -0.1) is 0 Å². The van der Waals surface area contributed by atoms with Crippen molar-refractivity contribution >= 4 is 11.8 Å². The van der Waals surface area contributed by atoms with E-state index >= 15 is 0 Å². The van der Waals surface area contributed by atoms with E-state index in [9.17, 15) is 9.59 Å². The van der Waals surface area contributed by atoms with E-state index in [1.54, 1.807) is 0 Å². The smallest absolute Gasteiger partial charge is 0.231 e. The van der Waals surface area contributed by atoms with E-state index < -0.39 is 0 Å². The van der Waals surface area contributed by atoms with Crippen molar-refractivity contribution in [2.75, 3.05) is 32.7 Å². The Bertz CT molecular complexity index is 359. The van der Waals surface area contributed by atoms with Crippen molar-refractivity contribution in [1.29, 1.82) is 0 Å². The molecule has 0 bridgehead atoms. The summed E-state index contributed by atoms with van der Waals surface area (Å²) in [7, 11) is 0. The number of hydrogen-bond acceptors (Lipinski definition) is 3. The van der Waals surface area contributed by atoms with Gasteiger partial charge in [-0.05, 0) is 11.8 Å². The molecule has 0 aromatic heterocycles. The van der Waals surface area contributed by atoms with E-state index in [1.807, 2.05) is 9.80 Å². The Hall–Kier alpha value is -1.10. The first-order valence-electron chi connectivity index (χ1n) is 8.34. The molecular weight excluding hydrogens is 266 g/mol. The van der Waals surface area contributed by atoms with E-state index in [4.69, 9.17) is 5.73 Å². The van der Waals surface area contributed by atoms with Crippen molar-refractivity contribution in [3.63, 3.8) is 0 Å². The van der Waals surface area contributed by atoms with E-state index in [1.165, 1.54) is 32.1 Å². The fourth-order valence-corrected chi connectivity index (χ4v) is 3.65. The van der Waals surface area contributed by atoms with Crippen LogP contribution in [0.2, 0.25) is 0 Å². The van der Waals surface area contributed by atoms with Gasteiger partial charge in [0.25, 0.3) is 0 Å². The first-order valence-corrected chi connectivity index (χ1v) is 8.34. The topological polar surface area (TPSA) is 66.6 Å². The zero-order valence-electron chi connectivity index (χ0n) is 13.2. The molecule has 0 unspecified atom stereocenters. The maximum absolute atomic E-state index is 12.4. The second-order valence-electron chi connectivity index (χ2n) is 6.70. The van der Waals surface area contributed by atoms with E-state index in [-0.39, 0.29) is 11.8 Å². The standard InChI is InChI=1S/C16H29N3O2/c1-13(14-5-3-2-4-6-14)11-16(21)19-9-7-18(8-10-19)12-15(17)20/h13-14H,2-12H2,1H3,(H2,17,20)/t13-/m1/s1. The second-order valence-corrected chi connectivity index (χ2v) is 6.70. The highest BCUT2D eigenvalue weighted by Gasteiger charge is 2.26. The zero-order chi connectivity index (χ0) is 15.2. The molecular formula is C16H29N3O2. The number of primary amides is 1. The Kier molecular flexibility index (Phi) is 6.03. The third kappa shape index (κ3) is 4.99. The predicted octanol–water partition coefficient (Wildman–Crippen LogP) is 1.22. The first-order chi connectivity index (χ1) is 10.1. The van der Waals surface area contributed by atoms with Crippen LogP contribution in [-0.2, 0) is 9.59 Å². The number of carbonyl (C=O) groups is 2. The zero-order valence-corrected chi connectivity index (χ0v) is 13.2. The van der Waals surface area contributed by atoms with E-state index in [2.05, 4.69) is 6.92 Å². The van der Waals surface area contributed by atoms with Crippen molar-refractivity contribution < 1.29 is 9.59 Å². The molecule has 2 rings (SSSR count). The Morgan fingerprint density at radius 3 is 2.29 bits per heavy atom. The summed E-state index contributed by atoms with van der Waals surface area (Å²) in [6, 6.07) is 0. The van der Waals surface area contributed by atoms with Gasteiger partial charge in [-0.2, -0.15) is 0 Å². The Morgan fingerprint density at radius 1 is 1.10 bits per heavy atom. The normalized spacial score (nSPS) is 23.0. The molecule has 2 amide bonds. The van der Waals surface area contributed by atoms with Gasteiger partial charge < -0.3 is 10.6 Å². The Labute approximate surface area is 127 Å². The number of nitrogens with two attached hydrogens (primary N) is 1. The molecule has 0 aromatic carbocycles. The van der Waals surface area contributed by atoms with E-state index in [0.29, 0.717) is 18.9 Å². The number of nitrogens with zero attached hydrogens (tertiary/aromatic N) is 2. The minimum atomic E-state index is -0.291. The van der Waals surface area contributed by atoms with Crippen LogP contribution in [0.1, 0.15) is 45.4 Å². The van der Waals surface area contributed by atoms with Crippen LogP contribution in [-0.4, -0.2) is 54.3 Å². The number of amides is 2. The molecule has 2 fully saturated rings. The summed E-state index contributed by atoms with van der Waals surface area (Å²) in [5.41, 5.74) is 5.21. The molecule has 5 nitrogen and oxygen atoms in total. The lowest BCUT2D eigenvalue weighted by Gasteiger charge is -2.35. The van der Waals surface area contributed by atoms with Gasteiger partial charge in [0.1, 0.15) is 0 Å². The molecule has 1 heterocycles. The monoisotopic (exact) mass is 295 g/mol. The molecule has 1 saturated carbocycles. The highest BCUT2D eigenvalue weighted by Crippen LogP contribution is 2.31. The number of carbonyl (C=O) groups excluding carboxylic acids is 2. The van der Waals surface area contributed by atoms with Crippen LogP contribution in [0.25, 0.3) is 0 Å². The number of rotatable bonds is 5. The van der Waals surface area contributed by atoms with Gasteiger partial charge in [-0.25, -0.2) is 0 Å². The molecule has 2 N–H and O–H groups in total. The van der Waals surface area contributed by atoms with Crippen molar-refractivity contribution in [2.45, 2.75) is 45.4 Å². The maximum atomic E-state index is 12.4. The summed E-state index contributed by atoms with van der Waals surface area (Å²) in [5, 5.41) is 0. The van der Waals surface area contributed by atoms with Crippen LogP contribution in [0.4, 0.5) is 0 Å². The molecule has 1 aliphatic heterocycles. The largest absolute Gasteiger partial charge is 0.369 e. The molecule has 120 valence electrons. The Balaban J connectivity index is 1.72. The highest BCUT2D eigenvalue weighted by atomic mass is 16.2. The van der Waals surface area contributed by atoms with Crippen molar-refractivity contribution in [1.82, 2.24) is 9.80 Å². The molecule has 5 heteroatoms. The quantitative estimate of drug-likeness (QED) is 0.829. The predicted molar refractivity (Wildman–Crippen MR) is 82.6 cm³/mol. The van der Waals surface area contributed by atoms with Crippen LogP contribution in [0, 0.1) is 11.8 Å². The van der Waals surface area contributed by atoms with Gasteiger partial charge in [-0.1, -0.05) is 39.0 Å². The summed E-state index contributed by atoms with van der Waals surface area (Å²) < 4.78 is 0. The molecule has 0 aromatic rings. The third-order valence-corrected chi connectivity index (χ3v) is 5.06. The van der Waals surface area contributed by atoms with Gasteiger partial charge >= 0.3 is 0 Å². The Morgan fingerprint density at radius 2 is 1.71 bits per heavy atom. The summed E-state index contributed by atoms with van der Waals surface area (Å²) in [6.07, 6.45) is 7.28. The average Bonchev–Trinajstić information content (AvgIpc) is 2.48. The second kappa shape index (κ2) is 7.78. The lowest BCUT2D eigenvalue weighted by molar-refractivity contribution is -0.134. The molecule has 21 heavy (non-hydrogen) atoms. The van der Waals surface area contributed by atoms with Crippen molar-refractivity contribution in [2.24, 2.45) is 17.6 Å². The maximum Gasteiger partial charge on any atom is 0.231 e. The molecule has 1 saturated heterocycles. The van der Waals surface area contributed by atoms with Crippen molar-refractivity contribution in [3.8, 4) is 0 Å². The van der Waals surface area contributed by atoms with Gasteiger partial charge in [-0.3, -0.25) is 14.5 Å². The average molecular weight is 295 g/mol. The fraction of sp³-hybridized carbons (Fsp3) is 0.875. The third-order valence-electron chi connectivity index (χ3n) is 5.06. The highest BCUT2D eigenvalue weighted by molar-refractivity contribution is 5.77. The summed E-state index contributed by atoms with van der Waals surface area (Å²) >= 11 is 0. The van der Waals surface area contributed by atoms with Gasteiger partial charge in [0, 0.05) is 32.6 Å². The van der Waals surface area contributed by atoms with E-state index in [0.717, 1.165) is 32.1 Å². The number of hydrogen-bond donors (Lipinski definition) is 1. The van der Waals surface area contributed by atoms with Crippen LogP contribution in [0.3, 0.4) is 0 Å². The van der Waals surface area contributed by atoms with Gasteiger partial charge in [0.05, 0.1) is 6.54 Å².